The maximum absolute atomic E-state index is 13.9. The van der Waals surface area contributed by atoms with Crippen LogP contribution in [0.1, 0.15) is 22.9 Å². The number of hydrazine groups is 1. The van der Waals surface area contributed by atoms with Gasteiger partial charge in [-0.25, -0.2) is 4.39 Å². The van der Waals surface area contributed by atoms with Crippen LogP contribution in [0.15, 0.2) is 18.2 Å². The number of rotatable bonds is 4. The second kappa shape index (κ2) is 6.10. The smallest absolute Gasteiger partial charge is 0.130 e. The van der Waals surface area contributed by atoms with Crippen molar-refractivity contribution in [3.05, 3.63) is 51.0 Å². The molecule has 1 atom stereocenters. The highest BCUT2D eigenvalue weighted by atomic mass is 35.5. The molecule has 0 aliphatic rings. The Kier molecular flexibility index (Phi) is 4.65. The minimum Gasteiger partial charge on any atom is -0.271 e. The van der Waals surface area contributed by atoms with Crippen molar-refractivity contribution in [3.63, 3.8) is 0 Å². The van der Waals surface area contributed by atoms with E-state index in [9.17, 15) is 4.39 Å². The van der Waals surface area contributed by atoms with Crippen molar-refractivity contribution in [2.75, 3.05) is 0 Å². The highest BCUT2D eigenvalue weighted by Crippen LogP contribution is 2.28. The van der Waals surface area contributed by atoms with Crippen LogP contribution in [0.5, 0.6) is 0 Å². The Labute approximate surface area is 126 Å². The third-order valence-corrected chi connectivity index (χ3v) is 3.92. The lowest BCUT2D eigenvalue weighted by molar-refractivity contribution is 0.510. The van der Waals surface area contributed by atoms with Crippen molar-refractivity contribution in [1.82, 2.24) is 15.2 Å². The van der Waals surface area contributed by atoms with Gasteiger partial charge in [0.25, 0.3) is 0 Å². The first kappa shape index (κ1) is 15.3. The van der Waals surface area contributed by atoms with Crippen molar-refractivity contribution in [2.24, 2.45) is 12.9 Å². The zero-order valence-electron chi connectivity index (χ0n) is 11.1. The summed E-state index contributed by atoms with van der Waals surface area (Å²) in [6.07, 6.45) is 0.423. The molecule has 108 valence electrons. The molecule has 0 aliphatic carbocycles. The Morgan fingerprint density at radius 1 is 1.45 bits per heavy atom. The van der Waals surface area contributed by atoms with Gasteiger partial charge in [0.05, 0.1) is 11.7 Å². The number of benzene rings is 1. The lowest BCUT2D eigenvalue weighted by Crippen LogP contribution is -2.30. The molecular weight excluding hydrogens is 302 g/mol. The number of nitrogens with zero attached hydrogens (tertiary/aromatic N) is 2. The van der Waals surface area contributed by atoms with Crippen molar-refractivity contribution < 1.29 is 4.39 Å². The van der Waals surface area contributed by atoms with Crippen molar-refractivity contribution >= 4 is 23.2 Å². The van der Waals surface area contributed by atoms with Gasteiger partial charge in [0.2, 0.25) is 0 Å². The van der Waals surface area contributed by atoms with Gasteiger partial charge in [-0.3, -0.25) is 16.0 Å². The summed E-state index contributed by atoms with van der Waals surface area (Å²) in [5.74, 6) is 5.18. The van der Waals surface area contributed by atoms with Crippen molar-refractivity contribution in [3.8, 4) is 0 Å². The zero-order chi connectivity index (χ0) is 14.9. The first-order valence-corrected chi connectivity index (χ1v) is 6.78. The second-order valence-electron chi connectivity index (χ2n) is 4.57. The normalized spacial score (nSPS) is 12.7. The van der Waals surface area contributed by atoms with E-state index in [2.05, 4.69) is 10.5 Å². The number of halogens is 3. The van der Waals surface area contributed by atoms with Gasteiger partial charge in [-0.2, -0.15) is 5.10 Å². The number of hydrogen-bond donors (Lipinski definition) is 2. The summed E-state index contributed by atoms with van der Waals surface area (Å²) in [6.45, 7) is 1.85. The maximum Gasteiger partial charge on any atom is 0.130 e. The van der Waals surface area contributed by atoms with Crippen LogP contribution in [-0.2, 0) is 13.5 Å². The standard InChI is InChI=1S/C13H15Cl2FN4/c1-7-9(13(15)20(2)19-7)6-12(18-17)10-5-8(14)3-4-11(10)16/h3-5,12,18H,6,17H2,1-2H3. The average Bonchev–Trinajstić information content (AvgIpc) is 2.65. The molecule has 0 fully saturated rings. The Hall–Kier alpha value is -1.14. The van der Waals surface area contributed by atoms with Crippen LogP contribution in [0.3, 0.4) is 0 Å². The fourth-order valence-corrected chi connectivity index (χ4v) is 2.58. The zero-order valence-corrected chi connectivity index (χ0v) is 12.6. The SMILES string of the molecule is Cc1nn(C)c(Cl)c1CC(NN)c1cc(Cl)ccc1F. The second-order valence-corrected chi connectivity index (χ2v) is 5.36. The van der Waals surface area contributed by atoms with Crippen LogP contribution in [0.2, 0.25) is 10.2 Å². The first-order chi connectivity index (χ1) is 9.43. The molecule has 0 radical (unpaired) electrons. The van der Waals surface area contributed by atoms with E-state index in [0.717, 1.165) is 11.3 Å². The average molecular weight is 317 g/mol. The van der Waals surface area contributed by atoms with Crippen molar-refractivity contribution in [1.29, 1.82) is 0 Å². The van der Waals surface area contributed by atoms with Gasteiger partial charge >= 0.3 is 0 Å². The van der Waals surface area contributed by atoms with E-state index in [1.807, 2.05) is 6.92 Å². The minimum atomic E-state index is -0.436. The van der Waals surface area contributed by atoms with Gasteiger partial charge < -0.3 is 0 Å². The van der Waals surface area contributed by atoms with E-state index in [1.165, 1.54) is 12.1 Å². The minimum absolute atomic E-state index is 0.366. The van der Waals surface area contributed by atoms with E-state index >= 15 is 0 Å². The van der Waals surface area contributed by atoms with Gasteiger partial charge in [-0.1, -0.05) is 23.2 Å². The van der Waals surface area contributed by atoms with E-state index in [1.54, 1.807) is 17.8 Å². The Balaban J connectivity index is 2.36. The highest BCUT2D eigenvalue weighted by Gasteiger charge is 2.20. The summed E-state index contributed by atoms with van der Waals surface area (Å²) >= 11 is 12.1. The number of nitrogens with one attached hydrogen (secondary N) is 1. The molecule has 0 saturated carbocycles. The summed E-state index contributed by atoms with van der Waals surface area (Å²) in [4.78, 5) is 0. The summed E-state index contributed by atoms with van der Waals surface area (Å²) in [6, 6.07) is 3.94. The molecule has 0 amide bonds. The summed E-state index contributed by atoms with van der Waals surface area (Å²) in [5.41, 5.74) is 4.63. The van der Waals surface area contributed by atoms with Crippen LogP contribution in [-0.4, -0.2) is 9.78 Å². The van der Waals surface area contributed by atoms with Crippen LogP contribution < -0.4 is 11.3 Å². The van der Waals surface area contributed by atoms with Crippen LogP contribution in [0.25, 0.3) is 0 Å². The molecule has 1 heterocycles. The van der Waals surface area contributed by atoms with E-state index < -0.39 is 6.04 Å². The molecule has 1 aromatic carbocycles. The molecule has 2 rings (SSSR count). The van der Waals surface area contributed by atoms with E-state index in [0.29, 0.717) is 22.2 Å². The van der Waals surface area contributed by atoms with Gasteiger partial charge in [-0.15, -0.1) is 0 Å². The fraction of sp³-hybridized carbons (Fsp3) is 0.308. The third kappa shape index (κ3) is 2.96. The molecule has 0 aliphatic heterocycles. The molecule has 3 N–H and O–H groups in total. The van der Waals surface area contributed by atoms with Crippen LogP contribution in [0, 0.1) is 12.7 Å². The molecule has 1 aromatic heterocycles. The third-order valence-electron chi connectivity index (χ3n) is 3.21. The molecule has 0 saturated heterocycles. The summed E-state index contributed by atoms with van der Waals surface area (Å²) < 4.78 is 15.5. The predicted octanol–water partition coefficient (Wildman–Crippen LogP) is 2.92. The number of nitrogens with two attached hydrogens (primary N) is 1. The Morgan fingerprint density at radius 2 is 2.15 bits per heavy atom. The number of aromatic nitrogens is 2. The lowest BCUT2D eigenvalue weighted by atomic mass is 9.99. The molecule has 2 aromatic rings. The predicted molar refractivity (Wildman–Crippen MR) is 78.1 cm³/mol. The first-order valence-electron chi connectivity index (χ1n) is 6.03. The van der Waals surface area contributed by atoms with Gasteiger partial charge in [-0.05, 0) is 31.5 Å². The Morgan fingerprint density at radius 3 is 2.70 bits per heavy atom. The van der Waals surface area contributed by atoms with Gasteiger partial charge in [0.1, 0.15) is 11.0 Å². The lowest BCUT2D eigenvalue weighted by Gasteiger charge is -2.17. The number of hydrogen-bond acceptors (Lipinski definition) is 3. The largest absolute Gasteiger partial charge is 0.271 e. The van der Waals surface area contributed by atoms with Gasteiger partial charge in [0, 0.05) is 23.2 Å². The molecule has 1 unspecified atom stereocenters. The molecule has 20 heavy (non-hydrogen) atoms. The summed E-state index contributed by atoms with van der Waals surface area (Å²) in [5, 5.41) is 5.20. The highest BCUT2D eigenvalue weighted by molar-refractivity contribution is 6.30. The maximum atomic E-state index is 13.9. The molecule has 7 heteroatoms. The Bertz CT molecular complexity index is 627. The quantitative estimate of drug-likeness (QED) is 0.673. The van der Waals surface area contributed by atoms with E-state index in [-0.39, 0.29) is 5.82 Å². The van der Waals surface area contributed by atoms with Crippen LogP contribution >= 0.6 is 23.2 Å². The van der Waals surface area contributed by atoms with E-state index in [4.69, 9.17) is 29.0 Å². The monoisotopic (exact) mass is 316 g/mol. The fourth-order valence-electron chi connectivity index (χ4n) is 2.15. The topological polar surface area (TPSA) is 55.9 Å². The molecular formula is C13H15Cl2FN4. The summed E-state index contributed by atoms with van der Waals surface area (Å²) in [7, 11) is 1.75. The number of aryl methyl sites for hydroxylation is 2. The molecule has 0 spiro atoms. The van der Waals surface area contributed by atoms with Crippen LogP contribution in [0.4, 0.5) is 4.39 Å². The molecule has 0 bridgehead atoms. The van der Waals surface area contributed by atoms with Gasteiger partial charge in [0.15, 0.2) is 0 Å². The molecule has 4 nitrogen and oxygen atoms in total. The van der Waals surface area contributed by atoms with Crippen molar-refractivity contribution in [2.45, 2.75) is 19.4 Å².